The van der Waals surface area contributed by atoms with Crippen LogP contribution in [0.25, 0.3) is 33.7 Å². The van der Waals surface area contributed by atoms with Crippen LogP contribution in [0, 0.1) is 0 Å². The van der Waals surface area contributed by atoms with E-state index >= 15 is 0 Å². The van der Waals surface area contributed by atoms with E-state index in [1.54, 1.807) is 18.3 Å². The van der Waals surface area contributed by atoms with Crippen molar-refractivity contribution in [2.24, 2.45) is 0 Å². The Morgan fingerprint density at radius 3 is 2.48 bits per heavy atom. The summed E-state index contributed by atoms with van der Waals surface area (Å²) in [5, 5.41) is 13.4. The van der Waals surface area contributed by atoms with Crippen LogP contribution in [0.4, 0.5) is 0 Å². The molecular weight excluding hydrogens is 364 g/mol. The predicted molar refractivity (Wildman–Crippen MR) is 110 cm³/mol. The van der Waals surface area contributed by atoms with Gasteiger partial charge in [0.2, 0.25) is 0 Å². The molecule has 0 radical (unpaired) electrons. The molecular formula is C23H16N4O2. The Kier molecular flexibility index (Phi) is 3.95. The highest BCUT2D eigenvalue weighted by Gasteiger charge is 2.09. The number of benzene rings is 2. The molecule has 0 fully saturated rings. The Balaban J connectivity index is 1.53. The van der Waals surface area contributed by atoms with Crippen LogP contribution in [0.2, 0.25) is 0 Å². The molecule has 5 aromatic rings. The normalized spacial score (nSPS) is 11.0. The van der Waals surface area contributed by atoms with Crippen molar-refractivity contribution in [3.05, 3.63) is 97.1 Å². The number of hydrogen-bond donors (Lipinski definition) is 1. The minimum Gasteiger partial charge on any atom is -0.478 e. The molecule has 29 heavy (non-hydrogen) atoms. The number of carboxylic acids is 1. The molecule has 1 N–H and O–H groups in total. The predicted octanol–water partition coefficient (Wildman–Crippen LogP) is 4.55. The van der Waals surface area contributed by atoms with Crippen LogP contribution in [0.1, 0.15) is 10.4 Å². The molecule has 0 saturated heterocycles. The number of pyridine rings is 1. The highest BCUT2D eigenvalue weighted by molar-refractivity contribution is 5.88. The van der Waals surface area contributed by atoms with Crippen LogP contribution in [-0.2, 0) is 0 Å². The maximum atomic E-state index is 11.0. The van der Waals surface area contributed by atoms with Gasteiger partial charge in [-0.05, 0) is 53.6 Å². The second kappa shape index (κ2) is 6.76. The van der Waals surface area contributed by atoms with Gasteiger partial charge in [0.25, 0.3) is 0 Å². The van der Waals surface area contributed by atoms with Gasteiger partial charge in [0, 0.05) is 24.2 Å². The van der Waals surface area contributed by atoms with Crippen LogP contribution >= 0.6 is 0 Å². The number of aromatic nitrogens is 4. The van der Waals surface area contributed by atoms with Crippen molar-refractivity contribution in [1.82, 2.24) is 19.2 Å². The van der Waals surface area contributed by atoms with Gasteiger partial charge in [0.05, 0.1) is 23.1 Å². The Hall–Kier alpha value is -4.19. The first kappa shape index (κ1) is 16.9. The monoisotopic (exact) mass is 380 g/mol. The summed E-state index contributed by atoms with van der Waals surface area (Å²) in [6, 6.07) is 20.9. The molecule has 140 valence electrons. The highest BCUT2D eigenvalue weighted by Crippen LogP contribution is 2.26. The van der Waals surface area contributed by atoms with E-state index in [4.69, 9.17) is 5.11 Å². The third-order valence-corrected chi connectivity index (χ3v) is 4.89. The van der Waals surface area contributed by atoms with Gasteiger partial charge in [-0.3, -0.25) is 4.40 Å². The summed E-state index contributed by atoms with van der Waals surface area (Å²) < 4.78 is 3.86. The van der Waals surface area contributed by atoms with E-state index in [1.807, 2.05) is 70.1 Å². The number of carboxylic acid groups (broad SMARTS) is 1. The van der Waals surface area contributed by atoms with E-state index < -0.39 is 5.97 Å². The van der Waals surface area contributed by atoms with Crippen LogP contribution < -0.4 is 0 Å². The zero-order valence-corrected chi connectivity index (χ0v) is 15.3. The lowest BCUT2D eigenvalue weighted by Gasteiger charge is -2.07. The minimum atomic E-state index is -0.928. The van der Waals surface area contributed by atoms with Crippen molar-refractivity contribution in [2.75, 3.05) is 0 Å². The summed E-state index contributed by atoms with van der Waals surface area (Å²) in [5.74, 6) is -0.928. The number of hydrogen-bond acceptors (Lipinski definition) is 3. The number of nitrogens with zero attached hydrogens (tertiary/aromatic N) is 4. The van der Waals surface area contributed by atoms with Gasteiger partial charge in [-0.1, -0.05) is 24.3 Å². The molecule has 3 aromatic heterocycles. The minimum absolute atomic E-state index is 0.273. The van der Waals surface area contributed by atoms with Gasteiger partial charge in [-0.25, -0.2) is 14.5 Å². The highest BCUT2D eigenvalue weighted by atomic mass is 16.4. The molecule has 3 heterocycles. The van der Waals surface area contributed by atoms with Gasteiger partial charge in [-0.15, -0.1) is 0 Å². The standard InChI is InChI=1S/C23H16N4O2/c28-23(29)17-7-5-16(6-8-17)18-9-12-26-21(15-24-22(26)14-18)19-3-1-4-20(13-19)27-11-2-10-25-27/h1-15H,(H,28,29). The van der Waals surface area contributed by atoms with E-state index in [1.165, 1.54) is 0 Å². The molecule has 5 rings (SSSR count). The Labute approximate surface area is 166 Å². The number of imidazole rings is 1. The Bertz CT molecular complexity index is 1320. The lowest BCUT2D eigenvalue weighted by molar-refractivity contribution is 0.0697. The average Bonchev–Trinajstić information content (AvgIpc) is 3.43. The van der Waals surface area contributed by atoms with E-state index in [0.717, 1.165) is 33.7 Å². The molecule has 0 aliphatic heterocycles. The first-order valence-corrected chi connectivity index (χ1v) is 9.10. The molecule has 0 amide bonds. The van der Waals surface area contributed by atoms with Gasteiger partial charge in [0.15, 0.2) is 0 Å². The molecule has 0 unspecified atom stereocenters. The van der Waals surface area contributed by atoms with E-state index in [-0.39, 0.29) is 5.56 Å². The van der Waals surface area contributed by atoms with Crippen LogP contribution in [0.15, 0.2) is 91.5 Å². The van der Waals surface area contributed by atoms with Crippen LogP contribution in [-0.4, -0.2) is 30.2 Å². The van der Waals surface area contributed by atoms with Crippen molar-refractivity contribution in [3.63, 3.8) is 0 Å². The third kappa shape index (κ3) is 3.06. The second-order valence-electron chi connectivity index (χ2n) is 6.67. The topological polar surface area (TPSA) is 72.4 Å². The van der Waals surface area contributed by atoms with Crippen LogP contribution in [0.5, 0.6) is 0 Å². The summed E-state index contributed by atoms with van der Waals surface area (Å²) in [4.78, 5) is 15.6. The van der Waals surface area contributed by atoms with E-state index in [9.17, 15) is 4.79 Å². The molecule has 0 spiro atoms. The van der Waals surface area contributed by atoms with Crippen LogP contribution in [0.3, 0.4) is 0 Å². The lowest BCUT2D eigenvalue weighted by Crippen LogP contribution is -1.96. The smallest absolute Gasteiger partial charge is 0.335 e. The van der Waals surface area contributed by atoms with Gasteiger partial charge < -0.3 is 5.11 Å². The lowest BCUT2D eigenvalue weighted by atomic mass is 10.0. The van der Waals surface area contributed by atoms with Crippen molar-refractivity contribution in [3.8, 4) is 28.1 Å². The van der Waals surface area contributed by atoms with Crippen molar-refractivity contribution >= 4 is 11.6 Å². The number of rotatable bonds is 4. The van der Waals surface area contributed by atoms with Crippen molar-refractivity contribution < 1.29 is 9.90 Å². The van der Waals surface area contributed by atoms with E-state index in [0.29, 0.717) is 0 Å². The van der Waals surface area contributed by atoms with Crippen molar-refractivity contribution in [2.45, 2.75) is 0 Å². The average molecular weight is 380 g/mol. The number of fused-ring (bicyclic) bond motifs is 1. The summed E-state index contributed by atoms with van der Waals surface area (Å²) in [6.45, 7) is 0. The van der Waals surface area contributed by atoms with Crippen molar-refractivity contribution in [1.29, 1.82) is 0 Å². The van der Waals surface area contributed by atoms with Gasteiger partial charge in [-0.2, -0.15) is 5.10 Å². The largest absolute Gasteiger partial charge is 0.478 e. The Morgan fingerprint density at radius 2 is 1.72 bits per heavy atom. The first-order chi connectivity index (χ1) is 14.2. The fraction of sp³-hybridized carbons (Fsp3) is 0. The first-order valence-electron chi connectivity index (χ1n) is 9.10. The summed E-state index contributed by atoms with van der Waals surface area (Å²) in [5.41, 5.74) is 6.04. The fourth-order valence-corrected chi connectivity index (χ4v) is 3.41. The second-order valence-corrected chi connectivity index (χ2v) is 6.67. The summed E-state index contributed by atoms with van der Waals surface area (Å²) >= 11 is 0. The van der Waals surface area contributed by atoms with E-state index in [2.05, 4.69) is 22.2 Å². The SMILES string of the molecule is O=C(O)c1ccc(-c2ccn3c(-c4cccc(-n5cccn5)c4)cnc3c2)cc1. The summed E-state index contributed by atoms with van der Waals surface area (Å²) in [7, 11) is 0. The molecule has 6 nitrogen and oxygen atoms in total. The molecule has 0 aliphatic rings. The maximum Gasteiger partial charge on any atom is 0.335 e. The molecule has 0 aliphatic carbocycles. The number of carbonyl (C=O) groups is 1. The van der Waals surface area contributed by atoms with Gasteiger partial charge in [0.1, 0.15) is 5.65 Å². The Morgan fingerprint density at radius 1 is 0.862 bits per heavy atom. The van der Waals surface area contributed by atoms with Gasteiger partial charge >= 0.3 is 5.97 Å². The summed E-state index contributed by atoms with van der Waals surface area (Å²) in [6.07, 6.45) is 7.51. The third-order valence-electron chi connectivity index (χ3n) is 4.89. The molecule has 0 saturated carbocycles. The zero-order chi connectivity index (χ0) is 19.8. The number of aromatic carboxylic acids is 1. The quantitative estimate of drug-likeness (QED) is 0.496. The maximum absolute atomic E-state index is 11.0. The zero-order valence-electron chi connectivity index (χ0n) is 15.3. The fourth-order valence-electron chi connectivity index (χ4n) is 3.41. The molecule has 0 bridgehead atoms. The molecule has 2 aromatic carbocycles. The molecule has 0 atom stereocenters. The molecule has 6 heteroatoms.